The maximum atomic E-state index is 12.2. The van der Waals surface area contributed by atoms with Crippen LogP contribution < -0.4 is 20.1 Å². The molecule has 3 amide bonds. The molecule has 1 aliphatic rings. The standard InChI is InChI=1S/C18H27N3O4/c1-12(2)19-18(23)20-17(22)11-21-9-5-6-15(21)14-10-13(24-3)7-8-16(14)25-4/h7-8,10,12,15H,5-6,9,11H2,1-4H3,(H2,19,20,22,23)/t15-/m1/s1. The Hall–Kier alpha value is -2.28. The summed E-state index contributed by atoms with van der Waals surface area (Å²) in [4.78, 5) is 25.9. The van der Waals surface area contributed by atoms with Crippen LogP contribution in [0.15, 0.2) is 18.2 Å². The summed E-state index contributed by atoms with van der Waals surface area (Å²) >= 11 is 0. The van der Waals surface area contributed by atoms with Crippen molar-refractivity contribution in [3.63, 3.8) is 0 Å². The monoisotopic (exact) mass is 349 g/mol. The first-order chi connectivity index (χ1) is 11.9. The number of hydrogen-bond acceptors (Lipinski definition) is 5. The van der Waals surface area contributed by atoms with Crippen molar-refractivity contribution >= 4 is 11.9 Å². The van der Waals surface area contributed by atoms with E-state index in [1.165, 1.54) is 0 Å². The highest BCUT2D eigenvalue weighted by molar-refractivity contribution is 5.95. The van der Waals surface area contributed by atoms with Crippen molar-refractivity contribution in [3.8, 4) is 11.5 Å². The van der Waals surface area contributed by atoms with Crippen LogP contribution in [0.5, 0.6) is 11.5 Å². The van der Waals surface area contributed by atoms with E-state index in [2.05, 4.69) is 15.5 Å². The number of benzene rings is 1. The molecule has 0 aromatic heterocycles. The van der Waals surface area contributed by atoms with Gasteiger partial charge in [-0.2, -0.15) is 0 Å². The van der Waals surface area contributed by atoms with Gasteiger partial charge < -0.3 is 14.8 Å². The van der Waals surface area contributed by atoms with Crippen molar-refractivity contribution in [2.75, 3.05) is 27.3 Å². The van der Waals surface area contributed by atoms with E-state index in [9.17, 15) is 9.59 Å². The van der Waals surface area contributed by atoms with Gasteiger partial charge in [0.2, 0.25) is 5.91 Å². The lowest BCUT2D eigenvalue weighted by molar-refractivity contribution is -0.121. The molecule has 0 bridgehead atoms. The van der Waals surface area contributed by atoms with Crippen LogP contribution in [-0.4, -0.2) is 50.2 Å². The van der Waals surface area contributed by atoms with E-state index >= 15 is 0 Å². The first-order valence-corrected chi connectivity index (χ1v) is 8.51. The number of carbonyl (C=O) groups excluding carboxylic acids is 2. The van der Waals surface area contributed by atoms with Crippen LogP contribution in [0.2, 0.25) is 0 Å². The smallest absolute Gasteiger partial charge is 0.321 e. The predicted molar refractivity (Wildman–Crippen MR) is 94.9 cm³/mol. The number of imide groups is 1. The number of carbonyl (C=O) groups is 2. The number of methoxy groups -OCH3 is 2. The minimum Gasteiger partial charge on any atom is -0.497 e. The minimum atomic E-state index is -0.463. The molecule has 0 aliphatic carbocycles. The van der Waals surface area contributed by atoms with E-state index < -0.39 is 6.03 Å². The zero-order chi connectivity index (χ0) is 18.4. The number of amides is 3. The van der Waals surface area contributed by atoms with Gasteiger partial charge in [0, 0.05) is 17.6 Å². The van der Waals surface area contributed by atoms with Crippen LogP contribution in [0.25, 0.3) is 0 Å². The van der Waals surface area contributed by atoms with E-state index in [1.807, 2.05) is 32.0 Å². The van der Waals surface area contributed by atoms with Crippen molar-refractivity contribution in [2.45, 2.75) is 38.8 Å². The molecule has 0 saturated carbocycles. The summed E-state index contributed by atoms with van der Waals surface area (Å²) < 4.78 is 10.8. The van der Waals surface area contributed by atoms with Gasteiger partial charge in [-0.3, -0.25) is 15.0 Å². The second-order valence-corrected chi connectivity index (χ2v) is 6.41. The molecule has 0 radical (unpaired) electrons. The molecule has 1 heterocycles. The van der Waals surface area contributed by atoms with E-state index in [0.717, 1.165) is 36.4 Å². The number of urea groups is 1. The number of likely N-dealkylation sites (tertiary alicyclic amines) is 1. The topological polar surface area (TPSA) is 79.9 Å². The summed E-state index contributed by atoms with van der Waals surface area (Å²) in [6, 6.07) is 5.25. The molecular weight excluding hydrogens is 322 g/mol. The molecule has 1 aromatic carbocycles. The molecule has 7 nitrogen and oxygen atoms in total. The van der Waals surface area contributed by atoms with Crippen LogP contribution in [0.1, 0.15) is 38.3 Å². The number of hydrogen-bond donors (Lipinski definition) is 2. The lowest BCUT2D eigenvalue weighted by Gasteiger charge is -2.26. The molecule has 1 saturated heterocycles. The quantitative estimate of drug-likeness (QED) is 0.822. The first-order valence-electron chi connectivity index (χ1n) is 8.51. The fourth-order valence-electron chi connectivity index (χ4n) is 3.12. The SMILES string of the molecule is COc1ccc(OC)c([C@H]2CCCN2CC(=O)NC(=O)NC(C)C)c1. The molecule has 1 aliphatic heterocycles. The summed E-state index contributed by atoms with van der Waals surface area (Å²) in [5.74, 6) is 1.21. The van der Waals surface area contributed by atoms with Crippen LogP contribution in [-0.2, 0) is 4.79 Å². The number of rotatable bonds is 6. The van der Waals surface area contributed by atoms with Gasteiger partial charge in [-0.05, 0) is 51.4 Å². The summed E-state index contributed by atoms with van der Waals surface area (Å²) in [5, 5.41) is 5.02. The Bertz CT molecular complexity index is 618. The van der Waals surface area contributed by atoms with Gasteiger partial charge in [-0.15, -0.1) is 0 Å². The van der Waals surface area contributed by atoms with Gasteiger partial charge >= 0.3 is 6.03 Å². The van der Waals surface area contributed by atoms with Gasteiger partial charge in [0.25, 0.3) is 0 Å². The first kappa shape index (κ1) is 19.1. The Labute approximate surface area is 148 Å². The van der Waals surface area contributed by atoms with Gasteiger partial charge in [0.1, 0.15) is 11.5 Å². The summed E-state index contributed by atoms with van der Waals surface area (Å²) in [5.41, 5.74) is 0.999. The average molecular weight is 349 g/mol. The molecule has 25 heavy (non-hydrogen) atoms. The molecule has 7 heteroatoms. The third-order valence-corrected chi connectivity index (χ3v) is 4.18. The van der Waals surface area contributed by atoms with Gasteiger partial charge in [0.05, 0.1) is 20.8 Å². The fraction of sp³-hybridized carbons (Fsp3) is 0.556. The van der Waals surface area contributed by atoms with Crippen LogP contribution in [0.3, 0.4) is 0 Å². The van der Waals surface area contributed by atoms with Gasteiger partial charge in [-0.25, -0.2) is 4.79 Å². The molecule has 2 rings (SSSR count). The van der Waals surface area contributed by atoms with Crippen molar-refractivity contribution in [3.05, 3.63) is 23.8 Å². The number of nitrogens with one attached hydrogen (secondary N) is 2. The van der Waals surface area contributed by atoms with Crippen LogP contribution >= 0.6 is 0 Å². The molecule has 0 unspecified atom stereocenters. The molecule has 1 aromatic rings. The second-order valence-electron chi connectivity index (χ2n) is 6.41. The predicted octanol–water partition coefficient (Wildman–Crippen LogP) is 2.07. The Morgan fingerprint density at radius 2 is 2.04 bits per heavy atom. The lowest BCUT2D eigenvalue weighted by atomic mass is 10.0. The van der Waals surface area contributed by atoms with E-state index in [4.69, 9.17) is 9.47 Å². The third-order valence-electron chi connectivity index (χ3n) is 4.18. The van der Waals surface area contributed by atoms with E-state index in [-0.39, 0.29) is 24.5 Å². The zero-order valence-corrected chi connectivity index (χ0v) is 15.3. The van der Waals surface area contributed by atoms with Crippen LogP contribution in [0.4, 0.5) is 4.79 Å². The fourth-order valence-corrected chi connectivity index (χ4v) is 3.12. The number of nitrogens with zero attached hydrogens (tertiary/aromatic N) is 1. The normalized spacial score (nSPS) is 17.4. The Morgan fingerprint density at radius 1 is 1.28 bits per heavy atom. The van der Waals surface area contributed by atoms with Crippen LogP contribution in [0, 0.1) is 0 Å². The highest BCUT2D eigenvalue weighted by Gasteiger charge is 2.30. The lowest BCUT2D eigenvalue weighted by Crippen LogP contribution is -2.46. The number of ether oxygens (including phenoxy) is 2. The van der Waals surface area contributed by atoms with E-state index in [0.29, 0.717) is 0 Å². The second kappa shape index (κ2) is 8.71. The zero-order valence-electron chi connectivity index (χ0n) is 15.3. The minimum absolute atomic E-state index is 0.0200. The van der Waals surface area contributed by atoms with Crippen molar-refractivity contribution in [2.24, 2.45) is 0 Å². The highest BCUT2D eigenvalue weighted by Crippen LogP contribution is 2.38. The Morgan fingerprint density at radius 3 is 2.68 bits per heavy atom. The van der Waals surface area contributed by atoms with Crippen molar-refractivity contribution in [1.82, 2.24) is 15.5 Å². The average Bonchev–Trinajstić information content (AvgIpc) is 3.00. The largest absolute Gasteiger partial charge is 0.497 e. The molecule has 138 valence electrons. The molecule has 2 N–H and O–H groups in total. The van der Waals surface area contributed by atoms with Gasteiger partial charge in [0.15, 0.2) is 0 Å². The van der Waals surface area contributed by atoms with E-state index in [1.54, 1.807) is 14.2 Å². The summed E-state index contributed by atoms with van der Waals surface area (Å²) in [6.45, 7) is 4.64. The molecular formula is C18H27N3O4. The maximum absolute atomic E-state index is 12.2. The third kappa shape index (κ3) is 5.09. The van der Waals surface area contributed by atoms with Gasteiger partial charge in [-0.1, -0.05) is 0 Å². The van der Waals surface area contributed by atoms with Crippen molar-refractivity contribution < 1.29 is 19.1 Å². The highest BCUT2D eigenvalue weighted by atomic mass is 16.5. The summed E-state index contributed by atoms with van der Waals surface area (Å²) in [6.07, 6.45) is 1.91. The molecule has 0 spiro atoms. The molecule has 1 atom stereocenters. The Kier molecular flexibility index (Phi) is 6.64. The Balaban J connectivity index is 2.07. The van der Waals surface area contributed by atoms with Crippen molar-refractivity contribution in [1.29, 1.82) is 0 Å². The maximum Gasteiger partial charge on any atom is 0.321 e. The molecule has 1 fully saturated rings. The summed E-state index contributed by atoms with van der Waals surface area (Å²) in [7, 11) is 3.26.